The van der Waals surface area contributed by atoms with Crippen LogP contribution < -0.4 is 19.5 Å². The lowest BCUT2D eigenvalue weighted by Crippen LogP contribution is -2.16. The van der Waals surface area contributed by atoms with E-state index in [2.05, 4.69) is 17.0 Å². The average Bonchev–Trinajstić information content (AvgIpc) is 3.37. The number of aryl methyl sites for hydroxylation is 1. The molecule has 0 radical (unpaired) electrons. The summed E-state index contributed by atoms with van der Waals surface area (Å²) in [7, 11) is -1.05. The van der Waals surface area contributed by atoms with Crippen molar-refractivity contribution in [1.82, 2.24) is 0 Å². The number of amides is 1. The van der Waals surface area contributed by atoms with E-state index in [0.29, 0.717) is 35.4 Å². The van der Waals surface area contributed by atoms with Crippen LogP contribution in [-0.2, 0) is 21.2 Å². The van der Waals surface area contributed by atoms with E-state index in [4.69, 9.17) is 13.9 Å². The van der Waals surface area contributed by atoms with E-state index in [-0.39, 0.29) is 23.0 Å². The first-order valence-corrected chi connectivity index (χ1v) is 12.5. The molecule has 8 nitrogen and oxygen atoms in total. The minimum absolute atomic E-state index is 0.0853. The molecule has 0 aliphatic heterocycles. The van der Waals surface area contributed by atoms with Crippen molar-refractivity contribution in [2.24, 2.45) is 5.92 Å². The summed E-state index contributed by atoms with van der Waals surface area (Å²) in [4.78, 5) is 12.4. The van der Waals surface area contributed by atoms with E-state index < -0.39 is 10.0 Å². The van der Waals surface area contributed by atoms with Gasteiger partial charge in [-0.05, 0) is 66.9 Å². The highest BCUT2D eigenvalue weighted by atomic mass is 32.2. The van der Waals surface area contributed by atoms with Gasteiger partial charge in [0.05, 0.1) is 14.2 Å². The third-order valence-corrected chi connectivity index (χ3v) is 7.24. The second kappa shape index (κ2) is 9.80. The van der Waals surface area contributed by atoms with Gasteiger partial charge < -0.3 is 19.2 Å². The number of carbonyl (C=O) groups excluding carboxylic acids is 1. The molecule has 3 aromatic rings. The van der Waals surface area contributed by atoms with Crippen molar-refractivity contribution in [3.63, 3.8) is 0 Å². The molecule has 2 aromatic carbocycles. The van der Waals surface area contributed by atoms with Crippen LogP contribution in [0.4, 0.5) is 11.4 Å². The van der Waals surface area contributed by atoms with Gasteiger partial charge in [0.1, 0.15) is 27.9 Å². The highest BCUT2D eigenvalue weighted by Gasteiger charge is 2.36. The fourth-order valence-electron chi connectivity index (χ4n) is 3.74. The van der Waals surface area contributed by atoms with Gasteiger partial charge in [0.2, 0.25) is 5.91 Å². The maximum absolute atomic E-state index is 13.0. The third kappa shape index (κ3) is 5.53. The van der Waals surface area contributed by atoms with Crippen LogP contribution in [-0.4, -0.2) is 28.5 Å². The van der Waals surface area contributed by atoms with Gasteiger partial charge in [-0.3, -0.25) is 9.52 Å². The zero-order valence-electron chi connectivity index (χ0n) is 19.3. The Hall–Kier alpha value is -3.46. The van der Waals surface area contributed by atoms with E-state index in [1.807, 2.05) is 12.1 Å². The van der Waals surface area contributed by atoms with Crippen LogP contribution in [0, 0.1) is 5.92 Å². The Morgan fingerprint density at radius 1 is 1.03 bits per heavy atom. The normalized spacial score (nSPS) is 17.1. The first kappa shape index (κ1) is 23.7. The first-order chi connectivity index (χ1) is 16.3. The molecule has 2 unspecified atom stereocenters. The molecule has 34 heavy (non-hydrogen) atoms. The standard InChI is InChI=1S/C25H28N2O6S/c1-16-14-21(16)22-12-9-20(33-22)10-13-25(28)26-18-6-11-23(32-3)24(15-18)34(29,30)27-17-4-7-19(31-2)8-5-17/h4-9,11-12,15-16,21,27H,10,13-14H2,1-3H3,(H,26,28). The molecule has 0 bridgehead atoms. The molecule has 9 heteroatoms. The quantitative estimate of drug-likeness (QED) is 0.428. The van der Waals surface area contributed by atoms with Gasteiger partial charge in [0.15, 0.2) is 0 Å². The molecule has 1 saturated carbocycles. The van der Waals surface area contributed by atoms with Crippen molar-refractivity contribution in [1.29, 1.82) is 0 Å². The van der Waals surface area contributed by atoms with Gasteiger partial charge in [-0.25, -0.2) is 8.42 Å². The average molecular weight is 485 g/mol. The molecule has 180 valence electrons. The van der Waals surface area contributed by atoms with Gasteiger partial charge in [-0.15, -0.1) is 0 Å². The Kier molecular flexibility index (Phi) is 6.83. The van der Waals surface area contributed by atoms with Crippen LogP contribution in [0.2, 0.25) is 0 Å². The van der Waals surface area contributed by atoms with Crippen molar-refractivity contribution in [2.75, 3.05) is 24.3 Å². The number of ether oxygens (including phenoxy) is 2. The Labute approximate surface area is 199 Å². The number of nitrogens with one attached hydrogen (secondary N) is 2. The molecule has 1 heterocycles. The minimum atomic E-state index is -3.98. The van der Waals surface area contributed by atoms with Gasteiger partial charge in [-0.2, -0.15) is 0 Å². The number of anilines is 2. The van der Waals surface area contributed by atoms with E-state index >= 15 is 0 Å². The van der Waals surface area contributed by atoms with Gasteiger partial charge >= 0.3 is 0 Å². The molecule has 1 amide bonds. The highest BCUT2D eigenvalue weighted by Crippen LogP contribution is 2.47. The highest BCUT2D eigenvalue weighted by molar-refractivity contribution is 7.92. The summed E-state index contributed by atoms with van der Waals surface area (Å²) in [6.45, 7) is 2.19. The minimum Gasteiger partial charge on any atom is -0.497 e. The molecule has 1 fully saturated rings. The third-order valence-electron chi connectivity index (χ3n) is 5.83. The molecule has 1 aliphatic rings. The summed E-state index contributed by atoms with van der Waals surface area (Å²) < 4.78 is 44.8. The summed E-state index contributed by atoms with van der Waals surface area (Å²) >= 11 is 0. The number of methoxy groups -OCH3 is 2. The number of sulfonamides is 1. The van der Waals surface area contributed by atoms with Crippen LogP contribution >= 0.6 is 0 Å². The Morgan fingerprint density at radius 3 is 2.38 bits per heavy atom. The first-order valence-electron chi connectivity index (χ1n) is 11.0. The molecule has 4 rings (SSSR count). The topological polar surface area (TPSA) is 107 Å². The van der Waals surface area contributed by atoms with Gasteiger partial charge in [0.25, 0.3) is 10.0 Å². The molecule has 2 atom stereocenters. The smallest absolute Gasteiger partial charge is 0.265 e. The molecule has 1 aromatic heterocycles. The molecule has 2 N–H and O–H groups in total. The molecule has 0 spiro atoms. The molecule has 1 aliphatic carbocycles. The number of rotatable bonds is 10. The Morgan fingerprint density at radius 2 is 1.74 bits per heavy atom. The predicted octanol–water partition coefficient (Wildman–Crippen LogP) is 4.79. The second-order valence-electron chi connectivity index (χ2n) is 8.37. The number of hydrogen-bond acceptors (Lipinski definition) is 6. The second-order valence-corrected chi connectivity index (χ2v) is 10.0. The fraction of sp³-hybridized carbons (Fsp3) is 0.320. The summed E-state index contributed by atoms with van der Waals surface area (Å²) in [5, 5.41) is 2.76. The Balaban J connectivity index is 1.42. The maximum atomic E-state index is 13.0. The maximum Gasteiger partial charge on any atom is 0.265 e. The van der Waals surface area contributed by atoms with Gasteiger partial charge in [-0.1, -0.05) is 6.92 Å². The fourth-order valence-corrected chi connectivity index (χ4v) is 5.00. The van der Waals surface area contributed by atoms with E-state index in [1.54, 1.807) is 30.3 Å². The summed E-state index contributed by atoms with van der Waals surface area (Å²) in [5.41, 5.74) is 0.726. The monoisotopic (exact) mass is 484 g/mol. The number of hydrogen-bond donors (Lipinski definition) is 2. The zero-order chi connectivity index (χ0) is 24.3. The van der Waals surface area contributed by atoms with Crippen molar-refractivity contribution >= 4 is 27.3 Å². The van der Waals surface area contributed by atoms with Gasteiger partial charge in [0, 0.05) is 30.1 Å². The molecular weight excluding hydrogens is 456 g/mol. The largest absolute Gasteiger partial charge is 0.497 e. The molecule has 0 saturated heterocycles. The summed E-state index contributed by atoms with van der Waals surface area (Å²) in [6.07, 6.45) is 1.82. The van der Waals surface area contributed by atoms with Crippen LogP contribution in [0.25, 0.3) is 0 Å². The van der Waals surface area contributed by atoms with E-state index in [9.17, 15) is 13.2 Å². The van der Waals surface area contributed by atoms with Crippen molar-refractivity contribution in [3.05, 3.63) is 66.1 Å². The SMILES string of the molecule is COc1ccc(NS(=O)(=O)c2cc(NC(=O)CCc3ccc(C4CC4C)o3)ccc2OC)cc1. The lowest BCUT2D eigenvalue weighted by molar-refractivity contribution is -0.116. The summed E-state index contributed by atoms with van der Waals surface area (Å²) in [5.74, 6) is 3.43. The number of carbonyl (C=O) groups is 1. The van der Waals surface area contributed by atoms with E-state index in [1.165, 1.54) is 26.4 Å². The summed E-state index contributed by atoms with van der Waals surface area (Å²) in [6, 6.07) is 14.9. The predicted molar refractivity (Wildman–Crippen MR) is 129 cm³/mol. The van der Waals surface area contributed by atoms with Crippen molar-refractivity contribution in [2.45, 2.75) is 37.0 Å². The van der Waals surface area contributed by atoms with Crippen LogP contribution in [0.15, 0.2) is 63.9 Å². The number of benzene rings is 2. The Bertz CT molecular complexity index is 1270. The number of furan rings is 1. The zero-order valence-corrected chi connectivity index (χ0v) is 20.1. The lowest BCUT2D eigenvalue weighted by Gasteiger charge is -2.14. The lowest BCUT2D eigenvalue weighted by atomic mass is 10.2. The van der Waals surface area contributed by atoms with Crippen LogP contribution in [0.3, 0.4) is 0 Å². The van der Waals surface area contributed by atoms with Crippen LogP contribution in [0.5, 0.6) is 11.5 Å². The van der Waals surface area contributed by atoms with E-state index in [0.717, 1.165) is 17.9 Å². The van der Waals surface area contributed by atoms with Crippen LogP contribution in [0.1, 0.15) is 37.2 Å². The van der Waals surface area contributed by atoms with Crippen molar-refractivity contribution in [3.8, 4) is 11.5 Å². The van der Waals surface area contributed by atoms with Crippen molar-refractivity contribution < 1.29 is 27.1 Å². The molecular formula is C25H28N2O6S.